The average Bonchev–Trinajstić information content (AvgIpc) is 3.29. The summed E-state index contributed by atoms with van der Waals surface area (Å²) in [6.07, 6.45) is 9.51. The summed E-state index contributed by atoms with van der Waals surface area (Å²) in [6, 6.07) is 1.75. The van der Waals surface area contributed by atoms with Gasteiger partial charge in [-0.1, -0.05) is 32.6 Å². The normalized spacial score (nSPS) is 23.7. The van der Waals surface area contributed by atoms with E-state index in [4.69, 9.17) is 33.2 Å². The Kier molecular flexibility index (Phi) is 6.86. The van der Waals surface area contributed by atoms with Crippen molar-refractivity contribution in [2.45, 2.75) is 63.9 Å². The first-order valence-corrected chi connectivity index (χ1v) is 10.5. The molecule has 1 saturated heterocycles. The molecule has 3 heterocycles. The van der Waals surface area contributed by atoms with E-state index in [1.807, 2.05) is 13.8 Å². The smallest absolute Gasteiger partial charge is 0.309 e. The van der Waals surface area contributed by atoms with Crippen LogP contribution in [0.4, 0.5) is 5.82 Å². The lowest BCUT2D eigenvalue weighted by atomic mass is 9.96. The van der Waals surface area contributed by atoms with Gasteiger partial charge < -0.3 is 24.9 Å². The Morgan fingerprint density at radius 1 is 1.50 bits per heavy atom. The summed E-state index contributed by atoms with van der Waals surface area (Å²) in [5.74, 6) is 2.24. The highest BCUT2D eigenvalue weighted by atomic mass is 35.5. The maximum atomic E-state index is 12.8. The van der Waals surface area contributed by atoms with E-state index < -0.39 is 24.5 Å². The number of nitrogens with two attached hydrogens (primary N) is 1. The summed E-state index contributed by atoms with van der Waals surface area (Å²) in [5, 5.41) is 10.7. The van der Waals surface area contributed by atoms with Gasteiger partial charge in [-0.15, -0.1) is 6.42 Å². The molecule has 0 spiro atoms. The van der Waals surface area contributed by atoms with Gasteiger partial charge in [0.15, 0.2) is 5.60 Å². The highest BCUT2D eigenvalue weighted by Gasteiger charge is 2.51. The van der Waals surface area contributed by atoms with Crippen LogP contribution in [0.15, 0.2) is 12.3 Å². The molecule has 0 amide bonds. The fourth-order valence-corrected chi connectivity index (χ4v) is 4.11. The van der Waals surface area contributed by atoms with Crippen molar-refractivity contribution in [2.75, 3.05) is 12.3 Å². The first kappa shape index (κ1) is 22.3. The second-order valence-electron chi connectivity index (χ2n) is 7.54. The molecular formula is C21H27ClN4O4. The minimum Gasteiger partial charge on any atom is -0.458 e. The van der Waals surface area contributed by atoms with Crippen molar-refractivity contribution in [2.24, 2.45) is 5.92 Å². The summed E-state index contributed by atoms with van der Waals surface area (Å²) in [7, 11) is 0. The third-order valence-corrected chi connectivity index (χ3v) is 5.68. The van der Waals surface area contributed by atoms with Crippen LogP contribution in [0.2, 0.25) is 5.28 Å². The van der Waals surface area contributed by atoms with Crippen LogP contribution in [0.1, 0.15) is 52.2 Å². The van der Waals surface area contributed by atoms with Gasteiger partial charge in [-0.3, -0.25) is 4.79 Å². The van der Waals surface area contributed by atoms with E-state index in [0.717, 1.165) is 25.7 Å². The molecule has 0 unspecified atom stereocenters. The number of rotatable bonds is 8. The Balaban J connectivity index is 1.89. The summed E-state index contributed by atoms with van der Waals surface area (Å²) < 4.78 is 13.6. The molecule has 162 valence electrons. The SMILES string of the molecule is C#C[C@]1(CO)O[C@@H](n2ccc3c(N)nc(Cl)nc32)C[C@@H]1OC(=O)C(CCC)CCC. The molecular weight excluding hydrogens is 408 g/mol. The van der Waals surface area contributed by atoms with Gasteiger partial charge in [0.2, 0.25) is 5.28 Å². The summed E-state index contributed by atoms with van der Waals surface area (Å²) in [4.78, 5) is 21.0. The minimum absolute atomic E-state index is 0.00766. The molecule has 1 aliphatic rings. The van der Waals surface area contributed by atoms with E-state index >= 15 is 0 Å². The van der Waals surface area contributed by atoms with Crippen molar-refractivity contribution < 1.29 is 19.4 Å². The molecule has 0 saturated carbocycles. The lowest BCUT2D eigenvalue weighted by molar-refractivity contribution is -0.164. The molecule has 3 rings (SSSR count). The number of terminal acetylenes is 1. The number of aliphatic hydroxyl groups excluding tert-OH is 1. The second-order valence-corrected chi connectivity index (χ2v) is 7.88. The predicted octanol–water partition coefficient (Wildman–Crippen LogP) is 3.08. The van der Waals surface area contributed by atoms with Crippen LogP contribution in [0.3, 0.4) is 0 Å². The van der Waals surface area contributed by atoms with Gasteiger partial charge in [0.1, 0.15) is 23.8 Å². The largest absolute Gasteiger partial charge is 0.458 e. The van der Waals surface area contributed by atoms with Crippen LogP contribution < -0.4 is 5.73 Å². The van der Waals surface area contributed by atoms with Crippen molar-refractivity contribution >= 4 is 34.4 Å². The van der Waals surface area contributed by atoms with Gasteiger partial charge in [0.05, 0.1) is 17.9 Å². The molecule has 30 heavy (non-hydrogen) atoms. The number of ether oxygens (including phenoxy) is 2. The van der Waals surface area contributed by atoms with Crippen LogP contribution in [0, 0.1) is 18.3 Å². The monoisotopic (exact) mass is 434 g/mol. The molecule has 2 aromatic heterocycles. The fraction of sp³-hybridized carbons (Fsp3) is 0.571. The third kappa shape index (κ3) is 4.10. The van der Waals surface area contributed by atoms with Crippen LogP contribution in [0.5, 0.6) is 0 Å². The molecule has 8 nitrogen and oxygen atoms in total. The van der Waals surface area contributed by atoms with Crippen molar-refractivity contribution in [3.8, 4) is 12.3 Å². The van der Waals surface area contributed by atoms with Gasteiger partial charge in [-0.05, 0) is 30.5 Å². The number of aromatic nitrogens is 3. The molecule has 3 atom stereocenters. The van der Waals surface area contributed by atoms with E-state index in [1.54, 1.807) is 16.8 Å². The van der Waals surface area contributed by atoms with Gasteiger partial charge in [-0.25, -0.2) is 4.98 Å². The van der Waals surface area contributed by atoms with Gasteiger partial charge in [0.25, 0.3) is 0 Å². The van der Waals surface area contributed by atoms with Crippen LogP contribution in [-0.2, 0) is 14.3 Å². The predicted molar refractivity (Wildman–Crippen MR) is 114 cm³/mol. The molecule has 1 aliphatic heterocycles. The highest BCUT2D eigenvalue weighted by Crippen LogP contribution is 2.40. The molecule has 9 heteroatoms. The van der Waals surface area contributed by atoms with Crippen molar-refractivity contribution in [1.29, 1.82) is 0 Å². The first-order valence-electron chi connectivity index (χ1n) is 10.2. The molecule has 2 aromatic rings. The topological polar surface area (TPSA) is 112 Å². The van der Waals surface area contributed by atoms with Crippen molar-refractivity contribution in [3.63, 3.8) is 0 Å². The van der Waals surface area contributed by atoms with Crippen molar-refractivity contribution in [1.82, 2.24) is 14.5 Å². The second kappa shape index (κ2) is 9.21. The Hall–Kier alpha value is -2.34. The van der Waals surface area contributed by atoms with Gasteiger partial charge in [0, 0.05) is 12.6 Å². The van der Waals surface area contributed by atoms with Gasteiger partial charge >= 0.3 is 5.97 Å². The maximum absolute atomic E-state index is 12.8. The number of carbonyl (C=O) groups is 1. The Labute approximate surface area is 180 Å². The van der Waals surface area contributed by atoms with Crippen LogP contribution in [-0.4, -0.2) is 43.9 Å². The number of nitrogens with zero attached hydrogens (tertiary/aromatic N) is 3. The van der Waals surface area contributed by atoms with Crippen LogP contribution >= 0.6 is 11.6 Å². The number of esters is 1. The summed E-state index contributed by atoms with van der Waals surface area (Å²) in [6.45, 7) is 3.57. The number of aliphatic hydroxyl groups is 1. The zero-order valence-electron chi connectivity index (χ0n) is 17.2. The molecule has 0 bridgehead atoms. The Bertz CT molecular complexity index is 950. The highest BCUT2D eigenvalue weighted by molar-refractivity contribution is 6.28. The van der Waals surface area contributed by atoms with E-state index in [9.17, 15) is 9.90 Å². The maximum Gasteiger partial charge on any atom is 0.309 e. The average molecular weight is 435 g/mol. The number of carbonyl (C=O) groups excluding carboxylic acids is 1. The standard InChI is InChI=1S/C21H27ClN4O4/c1-4-7-13(8-5-2)19(28)29-15-11-16(30-21(15,6-3)12-27)26-10-9-14-17(23)24-20(22)25-18(14)26/h3,9-10,13,15-16,27H,4-5,7-8,11-12H2,1-2H3,(H2,23,24,25)/t15-,16+,21+/m0/s1. The lowest BCUT2D eigenvalue weighted by Crippen LogP contribution is -2.44. The number of hydrogen-bond acceptors (Lipinski definition) is 7. The van der Waals surface area contributed by atoms with Crippen LogP contribution in [0.25, 0.3) is 11.0 Å². The fourth-order valence-electron chi connectivity index (χ4n) is 3.94. The molecule has 0 aliphatic carbocycles. The first-order chi connectivity index (χ1) is 14.4. The summed E-state index contributed by atoms with van der Waals surface area (Å²) in [5.41, 5.74) is 4.96. The number of nitrogen functional groups attached to an aromatic ring is 1. The molecule has 3 N–H and O–H groups in total. The van der Waals surface area contributed by atoms with Crippen molar-refractivity contribution in [3.05, 3.63) is 17.5 Å². The molecule has 0 aromatic carbocycles. The van der Waals surface area contributed by atoms with Gasteiger partial charge in [-0.2, -0.15) is 4.98 Å². The summed E-state index contributed by atoms with van der Waals surface area (Å²) >= 11 is 5.96. The Morgan fingerprint density at radius 2 is 2.20 bits per heavy atom. The zero-order chi connectivity index (χ0) is 21.9. The number of fused-ring (bicyclic) bond motifs is 1. The minimum atomic E-state index is -1.44. The number of anilines is 1. The Morgan fingerprint density at radius 3 is 2.80 bits per heavy atom. The van der Waals surface area contributed by atoms with E-state index in [2.05, 4.69) is 15.9 Å². The zero-order valence-corrected chi connectivity index (χ0v) is 17.9. The lowest BCUT2D eigenvalue weighted by Gasteiger charge is -2.28. The van der Waals surface area contributed by atoms with E-state index in [1.165, 1.54) is 0 Å². The quantitative estimate of drug-likeness (QED) is 0.373. The van der Waals surface area contributed by atoms with E-state index in [-0.39, 0.29) is 29.4 Å². The molecule has 0 radical (unpaired) electrons. The molecule has 1 fully saturated rings. The number of hydrogen-bond donors (Lipinski definition) is 2. The van der Waals surface area contributed by atoms with E-state index in [0.29, 0.717) is 11.0 Å². The number of halogens is 1. The third-order valence-electron chi connectivity index (χ3n) is 5.51.